The van der Waals surface area contributed by atoms with Crippen LogP contribution in [0.5, 0.6) is 17.2 Å². The van der Waals surface area contributed by atoms with E-state index in [0.29, 0.717) is 0 Å². The zero-order chi connectivity index (χ0) is 38.9. The summed E-state index contributed by atoms with van der Waals surface area (Å²) in [6.07, 6.45) is 23.0. The van der Waals surface area contributed by atoms with Crippen molar-refractivity contribution in [2.75, 3.05) is 19.8 Å². The zero-order valence-electron chi connectivity index (χ0n) is 32.1. The monoisotopic (exact) mass is 882 g/mol. The van der Waals surface area contributed by atoms with Crippen LogP contribution in [0.3, 0.4) is 0 Å². The van der Waals surface area contributed by atoms with Gasteiger partial charge in [0, 0.05) is 0 Å². The molecule has 3 rings (SSSR count). The molecule has 3 aromatic rings. The van der Waals surface area contributed by atoms with Crippen molar-refractivity contribution in [1.82, 2.24) is 0 Å². The quantitative estimate of drug-likeness (QED) is 0.0330. The number of halogens is 6. The Morgan fingerprint density at radius 3 is 0.792 bits per heavy atom. The fraction of sp³-hybridized carbons (Fsp3) is 0.571. The Balaban J connectivity index is 0.00000126. The molecule has 0 aliphatic rings. The Bertz CT molecular complexity index is 1200. The summed E-state index contributed by atoms with van der Waals surface area (Å²) in [5, 5.41) is 0. The van der Waals surface area contributed by atoms with E-state index in [1.54, 1.807) is 0 Å². The average molecular weight is 884 g/mol. The Labute approximate surface area is 320 Å². The molecule has 0 N–H and O–H groups in total. The van der Waals surface area contributed by atoms with Crippen LogP contribution in [0.1, 0.15) is 136 Å². The maximum absolute atomic E-state index is 11.2. The minimum absolute atomic E-state index is 0.243. The van der Waals surface area contributed by atoms with E-state index >= 15 is 0 Å². The van der Waals surface area contributed by atoms with Crippen LogP contribution < -0.4 is 14.2 Å². The molecule has 3 nitrogen and oxygen atoms in total. The van der Waals surface area contributed by atoms with E-state index in [2.05, 4.69) is 93.6 Å². The van der Waals surface area contributed by atoms with Crippen LogP contribution in [0.25, 0.3) is 0 Å². The topological polar surface area (TPSA) is 27.7 Å². The second kappa shape index (κ2) is 24.3. The van der Waals surface area contributed by atoms with Crippen molar-refractivity contribution < 1.29 is 31.1 Å². The summed E-state index contributed by atoms with van der Waals surface area (Å²) in [6, 6.07) is 26.3. The summed E-state index contributed by atoms with van der Waals surface area (Å²) in [7, 11) is -0.243. The third-order valence-corrected chi connectivity index (χ3v) is 10.7. The molecule has 0 radical (unpaired) electrons. The zero-order valence-corrected chi connectivity index (χ0v) is 35.5. The summed E-state index contributed by atoms with van der Waals surface area (Å²) in [5.41, 5.74) is 0. The van der Waals surface area contributed by atoms with E-state index < -0.39 is 19.5 Å². The molecule has 0 bridgehead atoms. The van der Waals surface area contributed by atoms with Gasteiger partial charge in [-0.2, -0.15) is 0 Å². The van der Waals surface area contributed by atoms with Crippen LogP contribution in [-0.4, -0.2) is 39.3 Å². The Morgan fingerprint density at radius 2 is 0.566 bits per heavy atom. The molecule has 0 amide bonds. The van der Waals surface area contributed by atoms with Crippen molar-refractivity contribution in [1.29, 1.82) is 0 Å². The maximum atomic E-state index is 9.93. The third kappa shape index (κ3) is 25.5. The first-order valence-electron chi connectivity index (χ1n) is 19.7. The van der Waals surface area contributed by atoms with Crippen LogP contribution in [-0.2, 0) is 10.9 Å². The van der Waals surface area contributed by atoms with E-state index in [9.17, 15) is 16.9 Å². The Kier molecular flexibility index (Phi) is 21.6. The van der Waals surface area contributed by atoms with E-state index in [-0.39, 0.29) is 10.9 Å². The molecule has 0 aromatic heterocycles. The fourth-order valence-corrected chi connectivity index (χ4v) is 7.68. The molecule has 302 valence electrons. The van der Waals surface area contributed by atoms with Gasteiger partial charge in [0.1, 0.15) is 17.2 Å². The molecule has 0 saturated heterocycles. The van der Waals surface area contributed by atoms with Gasteiger partial charge in [-0.3, -0.25) is 0 Å². The second-order valence-corrected chi connectivity index (χ2v) is 21.0. The van der Waals surface area contributed by atoms with E-state index in [4.69, 9.17) is 14.2 Å². The van der Waals surface area contributed by atoms with Crippen molar-refractivity contribution in [3.8, 4) is 17.2 Å². The van der Waals surface area contributed by atoms with Gasteiger partial charge < -0.3 is 14.2 Å². The Morgan fingerprint density at radius 1 is 0.358 bits per heavy atom. The summed E-state index contributed by atoms with van der Waals surface area (Å²) in [4.78, 5) is 3.86. The molecule has 0 aliphatic carbocycles. The van der Waals surface area contributed by atoms with Gasteiger partial charge in [-0.15, -0.1) is 0 Å². The molecule has 0 saturated carbocycles. The first kappa shape index (κ1) is 47.0. The summed E-state index contributed by atoms with van der Waals surface area (Å²) in [6.45, 7) is 9.16. The van der Waals surface area contributed by atoms with E-state index in [1.807, 2.05) is 0 Å². The molecular weight excluding hydrogens is 820 g/mol. The van der Waals surface area contributed by atoms with Crippen molar-refractivity contribution in [3.63, 3.8) is 0 Å². The molecule has 0 unspecified atom stereocenters. The summed E-state index contributed by atoms with van der Waals surface area (Å²) >= 11 is -11.2. The van der Waals surface area contributed by atoms with Gasteiger partial charge in [-0.25, -0.2) is 0 Å². The first-order valence-corrected chi connectivity index (χ1v) is 26.7. The minimum atomic E-state index is -11.2. The molecule has 3 aromatic carbocycles. The van der Waals surface area contributed by atoms with Gasteiger partial charge in [0.2, 0.25) is 0 Å². The predicted octanol–water partition coefficient (Wildman–Crippen LogP) is 15.1. The number of benzene rings is 3. The standard InChI is InChI=1S/C42H63O3S.6FH.Sb/c1-4-7-10-13-16-19-34-43-37-22-28-40(29-23-37)46(41-30-24-38(25-31-41)44-35-20-17-14-11-8-5-2)42-32-26-39(27-33-42)45-36-21-18-15-12-9-6-3;;;;;;;/h22-33H,4-21,34-36H2,1-3H3;6*1H;/q+1;;;;;;;+5/p-6. The predicted molar refractivity (Wildman–Crippen MR) is 211 cm³/mol. The van der Waals surface area contributed by atoms with Gasteiger partial charge in [0.25, 0.3) is 0 Å². The van der Waals surface area contributed by atoms with Crippen molar-refractivity contribution >= 4 is 30.4 Å². The number of hydrogen-bond acceptors (Lipinski definition) is 3. The first-order chi connectivity index (χ1) is 25.2. The van der Waals surface area contributed by atoms with Crippen LogP contribution in [0.15, 0.2) is 87.5 Å². The van der Waals surface area contributed by atoms with Gasteiger partial charge in [0.15, 0.2) is 14.7 Å². The molecule has 0 aliphatic heterocycles. The SMILES string of the molecule is CCCCCCCCOc1ccc([S+](c2ccc(OCCCCCCCC)cc2)c2ccc(OCCCCCCCC)cc2)cc1.[F][Sb-]([F])([F])([F])([F])[F]. The molecule has 0 heterocycles. The average Bonchev–Trinajstić information content (AvgIpc) is 3.11. The molecule has 11 heteroatoms. The van der Waals surface area contributed by atoms with Gasteiger partial charge in [0.05, 0.1) is 30.7 Å². The van der Waals surface area contributed by atoms with Crippen LogP contribution >= 0.6 is 0 Å². The number of ether oxygens (including phenoxy) is 3. The second-order valence-electron chi connectivity index (χ2n) is 13.5. The molecule has 0 fully saturated rings. The van der Waals surface area contributed by atoms with E-state index in [1.165, 1.54) is 111 Å². The summed E-state index contributed by atoms with van der Waals surface area (Å²) < 4.78 is 77.9. The van der Waals surface area contributed by atoms with Crippen LogP contribution in [0.4, 0.5) is 16.9 Å². The van der Waals surface area contributed by atoms with Gasteiger partial charge in [-0.05, 0) is 92.1 Å². The number of rotatable bonds is 27. The molecular formula is C42H63F6O3SSb. The normalized spacial score (nSPS) is 12.8. The van der Waals surface area contributed by atoms with Crippen molar-refractivity contribution in [2.45, 2.75) is 151 Å². The number of hydrogen-bond donors (Lipinski definition) is 0. The number of unbranched alkanes of at least 4 members (excludes halogenated alkanes) is 15. The van der Waals surface area contributed by atoms with Gasteiger partial charge in [-0.1, -0.05) is 117 Å². The molecule has 0 spiro atoms. The fourth-order valence-electron chi connectivity index (χ4n) is 5.64. The summed E-state index contributed by atoms with van der Waals surface area (Å²) in [5.74, 6) is 2.87. The van der Waals surface area contributed by atoms with Crippen LogP contribution in [0, 0.1) is 0 Å². The third-order valence-electron chi connectivity index (χ3n) is 8.48. The van der Waals surface area contributed by atoms with Gasteiger partial charge >= 0.3 is 36.4 Å². The Hall–Kier alpha value is -2.19. The van der Waals surface area contributed by atoms with Crippen molar-refractivity contribution in [2.24, 2.45) is 0 Å². The van der Waals surface area contributed by atoms with Crippen LogP contribution in [0.2, 0.25) is 0 Å². The van der Waals surface area contributed by atoms with E-state index in [0.717, 1.165) is 56.3 Å². The van der Waals surface area contributed by atoms with Crippen molar-refractivity contribution in [3.05, 3.63) is 72.8 Å². The molecule has 0 atom stereocenters. The molecule has 53 heavy (non-hydrogen) atoms.